The van der Waals surface area contributed by atoms with E-state index in [0.717, 1.165) is 11.8 Å². The third-order valence-corrected chi connectivity index (χ3v) is 4.05. The maximum Gasteiger partial charge on any atom is 0.255 e. The van der Waals surface area contributed by atoms with Gasteiger partial charge >= 0.3 is 0 Å². The second-order valence-corrected chi connectivity index (χ2v) is 7.47. The first-order chi connectivity index (χ1) is 12.3. The average molecular weight is 378 g/mol. The molecule has 0 fully saturated rings. The molecule has 0 saturated carbocycles. The number of ether oxygens (including phenoxy) is 2. The molecule has 0 aliphatic rings. The van der Waals surface area contributed by atoms with Crippen molar-refractivity contribution in [3.05, 3.63) is 53.6 Å². The van der Waals surface area contributed by atoms with Crippen LogP contribution in [0.1, 0.15) is 15.9 Å². The van der Waals surface area contributed by atoms with Crippen LogP contribution < -0.4 is 14.8 Å². The molecule has 2 rings (SSSR count). The highest BCUT2D eigenvalue weighted by Gasteiger charge is 2.11. The second-order valence-electron chi connectivity index (χ2n) is 5.72. The number of carbonyl (C=O) groups is 1. The molecule has 0 atom stereocenters. The van der Waals surface area contributed by atoms with Crippen molar-refractivity contribution in [1.82, 2.24) is 0 Å². The quantitative estimate of drug-likeness (QED) is 0.689. The number of nitrogens with one attached hydrogen (secondary N) is 2. The molecule has 2 aromatic rings. The summed E-state index contributed by atoms with van der Waals surface area (Å²) >= 11 is 0. The molecule has 1 amide bonds. The zero-order valence-electron chi connectivity index (χ0n) is 14.9. The number of hydrogen-bond acceptors (Lipinski definition) is 5. The Hall–Kier alpha value is -2.58. The number of hydrogen-bond donors (Lipinski definition) is 2. The van der Waals surface area contributed by atoms with Crippen molar-refractivity contribution in [3.63, 3.8) is 0 Å². The number of carbonyl (C=O) groups excluding carboxylic acids is 1. The Bertz CT molecular complexity index is 864. The number of anilines is 2. The van der Waals surface area contributed by atoms with Crippen molar-refractivity contribution in [2.75, 3.05) is 36.6 Å². The van der Waals surface area contributed by atoms with Gasteiger partial charge in [0.2, 0.25) is 10.0 Å². The van der Waals surface area contributed by atoms with Gasteiger partial charge in [-0.05, 0) is 48.9 Å². The standard InChI is InChI=1S/C18H22N2O5S/c1-13-4-5-14(12-17(13)20-26(3,22)23)18(21)19-15-6-8-16(9-7-15)25-11-10-24-2/h4-9,12,20H,10-11H2,1-3H3,(H,19,21). The molecule has 0 radical (unpaired) electrons. The Balaban J connectivity index is 2.06. The third kappa shape index (κ3) is 6.05. The van der Waals surface area contributed by atoms with Crippen molar-refractivity contribution in [2.24, 2.45) is 0 Å². The molecule has 0 saturated heterocycles. The second kappa shape index (κ2) is 8.68. The summed E-state index contributed by atoms with van der Waals surface area (Å²) in [4.78, 5) is 12.4. The largest absolute Gasteiger partial charge is 0.491 e. The minimum absolute atomic E-state index is 0.338. The summed E-state index contributed by atoms with van der Waals surface area (Å²) in [7, 11) is -1.82. The zero-order valence-corrected chi connectivity index (χ0v) is 15.7. The fourth-order valence-corrected chi connectivity index (χ4v) is 2.77. The molecule has 2 N–H and O–H groups in total. The molecule has 26 heavy (non-hydrogen) atoms. The summed E-state index contributed by atoms with van der Waals surface area (Å²) in [5.74, 6) is 0.338. The van der Waals surface area contributed by atoms with Gasteiger partial charge in [-0.3, -0.25) is 9.52 Å². The molecule has 2 aromatic carbocycles. The smallest absolute Gasteiger partial charge is 0.255 e. The van der Waals surface area contributed by atoms with Crippen LogP contribution in [0.15, 0.2) is 42.5 Å². The first-order valence-electron chi connectivity index (χ1n) is 7.90. The van der Waals surface area contributed by atoms with Crippen LogP contribution in [0.3, 0.4) is 0 Å². The van der Waals surface area contributed by atoms with Gasteiger partial charge in [-0.1, -0.05) is 6.07 Å². The molecule has 0 aliphatic carbocycles. The van der Waals surface area contributed by atoms with E-state index in [1.165, 1.54) is 6.07 Å². The predicted octanol–water partition coefficient (Wildman–Crippen LogP) is 2.64. The molecule has 8 heteroatoms. The maximum atomic E-state index is 12.4. The Morgan fingerprint density at radius 2 is 1.77 bits per heavy atom. The lowest BCUT2D eigenvalue weighted by Gasteiger charge is -2.11. The zero-order chi connectivity index (χ0) is 19.2. The summed E-state index contributed by atoms with van der Waals surface area (Å²) in [5, 5.41) is 2.77. The lowest BCUT2D eigenvalue weighted by Crippen LogP contribution is -2.14. The lowest BCUT2D eigenvalue weighted by molar-refractivity contribution is 0.102. The molecule has 140 valence electrons. The van der Waals surface area contributed by atoms with Crippen LogP contribution in [-0.4, -0.2) is 40.9 Å². The minimum atomic E-state index is -3.42. The van der Waals surface area contributed by atoms with E-state index in [-0.39, 0.29) is 5.91 Å². The van der Waals surface area contributed by atoms with E-state index in [1.54, 1.807) is 50.4 Å². The van der Waals surface area contributed by atoms with Gasteiger partial charge in [0, 0.05) is 18.4 Å². The van der Waals surface area contributed by atoms with Crippen LogP contribution in [0.25, 0.3) is 0 Å². The van der Waals surface area contributed by atoms with Gasteiger partial charge in [-0.25, -0.2) is 8.42 Å². The number of rotatable bonds is 8. The summed E-state index contributed by atoms with van der Waals surface area (Å²) < 4.78 is 35.6. The normalized spacial score (nSPS) is 11.0. The Morgan fingerprint density at radius 1 is 1.08 bits per heavy atom. The van der Waals surface area contributed by atoms with E-state index >= 15 is 0 Å². The molecule has 7 nitrogen and oxygen atoms in total. The maximum absolute atomic E-state index is 12.4. The van der Waals surface area contributed by atoms with E-state index in [1.807, 2.05) is 0 Å². The van der Waals surface area contributed by atoms with Crippen molar-refractivity contribution >= 4 is 27.3 Å². The van der Waals surface area contributed by atoms with Gasteiger partial charge in [0.05, 0.1) is 18.6 Å². The van der Waals surface area contributed by atoms with Crippen molar-refractivity contribution in [3.8, 4) is 5.75 Å². The van der Waals surface area contributed by atoms with E-state index in [0.29, 0.717) is 35.9 Å². The van der Waals surface area contributed by atoms with Crippen molar-refractivity contribution in [1.29, 1.82) is 0 Å². The van der Waals surface area contributed by atoms with Gasteiger partial charge in [-0.2, -0.15) is 0 Å². The fraction of sp³-hybridized carbons (Fsp3) is 0.278. The highest BCUT2D eigenvalue weighted by molar-refractivity contribution is 7.92. The molecule has 0 bridgehead atoms. The Kier molecular flexibility index (Phi) is 6.59. The topological polar surface area (TPSA) is 93.7 Å². The fourth-order valence-electron chi connectivity index (χ4n) is 2.15. The van der Waals surface area contributed by atoms with E-state index in [9.17, 15) is 13.2 Å². The van der Waals surface area contributed by atoms with Crippen LogP contribution in [0.4, 0.5) is 11.4 Å². The third-order valence-electron chi connectivity index (χ3n) is 3.46. The molecule has 0 heterocycles. The highest BCUT2D eigenvalue weighted by atomic mass is 32.2. The number of sulfonamides is 1. The summed E-state index contributed by atoms with van der Waals surface area (Å²) in [6.07, 6.45) is 1.06. The van der Waals surface area contributed by atoms with Crippen LogP contribution in [0, 0.1) is 6.92 Å². The van der Waals surface area contributed by atoms with E-state index in [4.69, 9.17) is 9.47 Å². The molecule has 0 spiro atoms. The summed E-state index contributed by atoms with van der Waals surface area (Å²) in [6, 6.07) is 11.8. The number of amides is 1. The first-order valence-corrected chi connectivity index (χ1v) is 9.79. The van der Waals surface area contributed by atoms with Gasteiger partial charge in [0.1, 0.15) is 12.4 Å². The SMILES string of the molecule is COCCOc1ccc(NC(=O)c2ccc(C)c(NS(C)(=O)=O)c2)cc1. The summed E-state index contributed by atoms with van der Waals surface area (Å²) in [6.45, 7) is 2.70. The van der Waals surface area contributed by atoms with Crippen molar-refractivity contribution in [2.45, 2.75) is 6.92 Å². The van der Waals surface area contributed by atoms with Gasteiger partial charge < -0.3 is 14.8 Å². The van der Waals surface area contributed by atoms with Crippen LogP contribution in [0.5, 0.6) is 5.75 Å². The first kappa shape index (κ1) is 19.7. The van der Waals surface area contributed by atoms with Gasteiger partial charge in [0.15, 0.2) is 0 Å². The highest BCUT2D eigenvalue weighted by Crippen LogP contribution is 2.20. The Morgan fingerprint density at radius 3 is 2.38 bits per heavy atom. The minimum Gasteiger partial charge on any atom is -0.491 e. The molecular formula is C18H22N2O5S. The molecule has 0 unspecified atom stereocenters. The molecule has 0 aliphatic heterocycles. The van der Waals surface area contributed by atoms with Crippen LogP contribution in [0.2, 0.25) is 0 Å². The molecular weight excluding hydrogens is 356 g/mol. The van der Waals surface area contributed by atoms with Crippen LogP contribution >= 0.6 is 0 Å². The lowest BCUT2D eigenvalue weighted by atomic mass is 10.1. The number of aryl methyl sites for hydroxylation is 1. The molecule has 0 aromatic heterocycles. The Labute approximate surface area is 153 Å². The predicted molar refractivity (Wildman–Crippen MR) is 101 cm³/mol. The van der Waals surface area contributed by atoms with E-state index in [2.05, 4.69) is 10.0 Å². The van der Waals surface area contributed by atoms with Gasteiger partial charge in [-0.15, -0.1) is 0 Å². The van der Waals surface area contributed by atoms with E-state index < -0.39 is 10.0 Å². The average Bonchev–Trinajstić information content (AvgIpc) is 2.57. The van der Waals surface area contributed by atoms with Crippen LogP contribution in [-0.2, 0) is 14.8 Å². The van der Waals surface area contributed by atoms with Gasteiger partial charge in [0.25, 0.3) is 5.91 Å². The number of benzene rings is 2. The number of methoxy groups -OCH3 is 1. The summed E-state index contributed by atoms with van der Waals surface area (Å²) in [5.41, 5.74) is 2.06. The van der Waals surface area contributed by atoms with Crippen molar-refractivity contribution < 1.29 is 22.7 Å². The monoisotopic (exact) mass is 378 g/mol.